The average molecular weight is 145 g/mol. The second-order valence-corrected chi connectivity index (χ2v) is 0. The fraction of sp³-hybridized carbons (Fsp3) is 0. The van der Waals surface area contributed by atoms with E-state index in [1.165, 1.54) is 0 Å². The Bertz CT molecular complexity index is 6.00. The Morgan fingerprint density at radius 1 is 1.00 bits per heavy atom. The molecule has 0 saturated carbocycles. The van der Waals surface area contributed by atoms with E-state index < -0.39 is 0 Å². The van der Waals surface area contributed by atoms with Crippen molar-refractivity contribution in [1.29, 1.82) is 0 Å². The summed E-state index contributed by atoms with van der Waals surface area (Å²) in [7, 11) is 8.00. The third-order valence-corrected chi connectivity index (χ3v) is 0. The van der Waals surface area contributed by atoms with Crippen LogP contribution in [0, 0.1) is 0 Å². The van der Waals surface area contributed by atoms with E-state index >= 15 is 0 Å². The van der Waals surface area contributed by atoms with Gasteiger partial charge in [0.25, 0.3) is 0 Å². The van der Waals surface area contributed by atoms with Crippen LogP contribution < -0.4 is 0 Å². The van der Waals surface area contributed by atoms with E-state index in [2.05, 4.69) is 15.5 Å². The summed E-state index contributed by atoms with van der Waals surface area (Å²) in [5.41, 5.74) is 0. The van der Waals surface area contributed by atoms with Crippen molar-refractivity contribution in [1.82, 2.24) is 0 Å². The first-order chi connectivity index (χ1) is 1.00. The van der Waals surface area contributed by atoms with E-state index in [0.717, 1.165) is 0 Å². The standard InChI is InChI=1S/Al.B2.Nb.3H/c;1-2;;;;. The molecule has 0 rings (SSSR count). The van der Waals surface area contributed by atoms with Crippen molar-refractivity contribution in [3.05, 3.63) is 0 Å². The first-order valence-electron chi connectivity index (χ1n) is 0.333. The van der Waals surface area contributed by atoms with Gasteiger partial charge in [0.05, 0.1) is 0 Å². The van der Waals surface area contributed by atoms with Crippen molar-refractivity contribution in [3.63, 3.8) is 0 Å². The van der Waals surface area contributed by atoms with Crippen molar-refractivity contribution in [2.75, 3.05) is 0 Å². The van der Waals surface area contributed by atoms with Gasteiger partial charge in [-0.1, -0.05) is 0 Å². The molecule has 0 atom stereocenters. The van der Waals surface area contributed by atoms with Crippen molar-refractivity contribution in [2.45, 2.75) is 0 Å². The summed E-state index contributed by atoms with van der Waals surface area (Å²) in [5, 5.41) is 0. The predicted octanol–water partition coefficient (Wildman–Crippen LogP) is -1.95. The summed E-state index contributed by atoms with van der Waals surface area (Å²) in [4.78, 5) is 0. The summed E-state index contributed by atoms with van der Waals surface area (Å²) in [5.74, 6) is 0. The van der Waals surface area contributed by atoms with Gasteiger partial charge in [0.1, 0.15) is 0 Å². The predicted molar refractivity (Wildman–Crippen MR) is 21.4 cm³/mol. The van der Waals surface area contributed by atoms with Gasteiger partial charge in [-0.2, -0.15) is 0 Å². The van der Waals surface area contributed by atoms with Crippen LogP contribution in [0.2, 0.25) is 0 Å². The summed E-state index contributed by atoms with van der Waals surface area (Å²) in [6.45, 7) is 0. The number of hydrogen-bond acceptors (Lipinski definition) is 0. The van der Waals surface area contributed by atoms with E-state index in [4.69, 9.17) is 0 Å². The van der Waals surface area contributed by atoms with Crippen LogP contribution in [0.15, 0.2) is 0 Å². The van der Waals surface area contributed by atoms with Gasteiger partial charge in [-0.25, -0.2) is 0 Å². The number of hydrogen-bond donors (Lipinski definition) is 0. The largest absolute Gasteiger partial charge is 0.187 e. The van der Waals surface area contributed by atoms with Crippen molar-refractivity contribution in [3.8, 4) is 0 Å². The second kappa shape index (κ2) is 25.9. The smallest absolute Gasteiger partial charge is 0 e. The molecule has 0 nitrogen and oxygen atoms in total. The van der Waals surface area contributed by atoms with Gasteiger partial charge < -0.3 is 0 Å². The van der Waals surface area contributed by atoms with Gasteiger partial charge in [-0.3, -0.25) is 0 Å². The molecule has 0 aliphatic heterocycles. The molecular formula is H3AlB2Nb. The van der Waals surface area contributed by atoms with Gasteiger partial charge in [0.15, 0.2) is 17.4 Å². The Morgan fingerprint density at radius 3 is 1.00 bits per heavy atom. The molecule has 4 heteroatoms. The van der Waals surface area contributed by atoms with E-state index in [9.17, 15) is 0 Å². The molecule has 0 amide bonds. The molecule has 0 unspecified atom stereocenters. The van der Waals surface area contributed by atoms with Crippen LogP contribution in [0.5, 0.6) is 0 Å². The summed E-state index contributed by atoms with van der Waals surface area (Å²) in [6.07, 6.45) is 0. The molecule has 0 bridgehead atoms. The molecule has 0 aromatic rings. The molecule has 0 aliphatic rings. The molecule has 0 aromatic heterocycles. The fourth-order valence-corrected chi connectivity index (χ4v) is 0. The maximum atomic E-state index is 4.00. The van der Waals surface area contributed by atoms with E-state index in [0.29, 0.717) is 0 Å². The molecule has 0 saturated heterocycles. The van der Waals surface area contributed by atoms with Gasteiger partial charge >= 0.3 is 0 Å². The molecule has 4 heavy (non-hydrogen) atoms. The van der Waals surface area contributed by atoms with Crippen molar-refractivity contribution in [2.24, 2.45) is 0 Å². The fourth-order valence-electron chi connectivity index (χ4n) is 0. The van der Waals surface area contributed by atoms with Crippen LogP contribution in [0.25, 0.3) is 0 Å². The van der Waals surface area contributed by atoms with Crippen LogP contribution in [0.4, 0.5) is 0 Å². The van der Waals surface area contributed by atoms with Gasteiger partial charge in [-0.05, 0) is 0 Å². The zero-order valence-electron chi connectivity index (χ0n) is 1.60. The van der Waals surface area contributed by atoms with Crippen molar-refractivity contribution >= 4 is 32.8 Å². The van der Waals surface area contributed by atoms with E-state index in [1.54, 1.807) is 0 Å². The van der Waals surface area contributed by atoms with Crippen molar-refractivity contribution < 1.29 is 22.4 Å². The quantitative estimate of drug-likeness (QED) is 0.347. The topological polar surface area (TPSA) is 0 Å². The Hall–Kier alpha value is 1.40. The van der Waals surface area contributed by atoms with Crippen LogP contribution in [-0.4, -0.2) is 32.8 Å². The number of rotatable bonds is 0. The van der Waals surface area contributed by atoms with Gasteiger partial charge in [-0.15, -0.1) is 0 Å². The zero-order chi connectivity index (χ0) is 2.00. The third kappa shape index (κ3) is 9.98. The van der Waals surface area contributed by atoms with Gasteiger partial charge in [0.2, 0.25) is 0 Å². The monoisotopic (exact) mass is 145 g/mol. The summed E-state index contributed by atoms with van der Waals surface area (Å²) < 4.78 is 0. The Morgan fingerprint density at radius 2 is 1.00 bits per heavy atom. The zero-order valence-corrected chi connectivity index (χ0v) is 3.80. The molecular weight excluding hydrogens is 142 g/mol. The molecule has 5 radical (unpaired) electrons. The van der Waals surface area contributed by atoms with Crippen LogP contribution >= 0.6 is 0 Å². The molecule has 0 heterocycles. The van der Waals surface area contributed by atoms with Crippen LogP contribution in [0.1, 0.15) is 0 Å². The maximum Gasteiger partial charge on any atom is 0.187 e. The molecule has 0 aromatic carbocycles. The summed E-state index contributed by atoms with van der Waals surface area (Å²) >= 11 is 0. The SMILES string of the molecule is [AlH3].[B][B].[Nb]. The normalized spacial score (nSPS) is 1.00. The molecule has 0 fully saturated rings. The second-order valence-electron chi connectivity index (χ2n) is 0. The van der Waals surface area contributed by atoms with Crippen LogP contribution in [0.3, 0.4) is 0 Å². The average Bonchev–Trinajstić information content (AvgIpc) is 1.00. The van der Waals surface area contributed by atoms with Crippen LogP contribution in [-0.2, 0) is 22.4 Å². The minimum atomic E-state index is 0. The summed E-state index contributed by atoms with van der Waals surface area (Å²) in [6, 6.07) is 0. The molecule has 0 spiro atoms. The molecule has 0 N–H and O–H groups in total. The Labute approximate surface area is 55.2 Å². The first kappa shape index (κ1) is 18.1. The first-order valence-corrected chi connectivity index (χ1v) is 0.333. The van der Waals surface area contributed by atoms with E-state index in [1.807, 2.05) is 0 Å². The minimum Gasteiger partial charge on any atom is 0 e. The molecule has 0 aliphatic carbocycles. The Balaban J connectivity index is -0.00000000500. The molecule has 17 valence electrons. The minimum absolute atomic E-state index is 0. The maximum absolute atomic E-state index is 4.00. The Kier molecular flexibility index (Phi) is 118. The van der Waals surface area contributed by atoms with E-state index in [-0.39, 0.29) is 39.7 Å². The van der Waals surface area contributed by atoms with Gasteiger partial charge in [0, 0.05) is 37.9 Å². The third-order valence-electron chi connectivity index (χ3n) is 0.